The molecule has 0 saturated heterocycles. The molecule has 2 aromatic heterocycles. The average Bonchev–Trinajstić information content (AvgIpc) is 3.09. The van der Waals surface area contributed by atoms with Gasteiger partial charge in [-0.25, -0.2) is 14.3 Å². The zero-order chi connectivity index (χ0) is 19.8. The van der Waals surface area contributed by atoms with Crippen molar-refractivity contribution >= 4 is 17.1 Å². The summed E-state index contributed by atoms with van der Waals surface area (Å²) in [7, 11) is 3.17. The molecule has 28 heavy (non-hydrogen) atoms. The topological polar surface area (TPSA) is 109 Å². The van der Waals surface area contributed by atoms with E-state index in [9.17, 15) is 14.4 Å². The largest absolute Gasteiger partial charge is 0.486 e. The fourth-order valence-corrected chi connectivity index (χ4v) is 3.20. The van der Waals surface area contributed by atoms with Crippen LogP contribution in [0.1, 0.15) is 5.56 Å². The lowest BCUT2D eigenvalue weighted by Crippen LogP contribution is -2.43. The number of para-hydroxylation sites is 1. The lowest BCUT2D eigenvalue weighted by Gasteiger charge is -2.21. The highest BCUT2D eigenvalue weighted by Gasteiger charge is 2.18. The van der Waals surface area contributed by atoms with Crippen molar-refractivity contribution in [1.29, 1.82) is 0 Å². The van der Waals surface area contributed by atoms with E-state index < -0.39 is 17.2 Å². The van der Waals surface area contributed by atoms with Crippen LogP contribution in [-0.4, -0.2) is 37.8 Å². The number of hydrogen-bond donors (Lipinski definition) is 1. The van der Waals surface area contributed by atoms with Gasteiger partial charge >= 0.3 is 5.69 Å². The fraction of sp³-hybridized carbons (Fsp3) is 0.333. The van der Waals surface area contributed by atoms with Crippen LogP contribution in [0.15, 0.2) is 34.1 Å². The van der Waals surface area contributed by atoms with E-state index in [1.54, 1.807) is 13.1 Å². The van der Waals surface area contributed by atoms with Crippen LogP contribution < -0.4 is 26.0 Å². The predicted molar refractivity (Wildman–Crippen MR) is 99.5 cm³/mol. The third-order valence-corrected chi connectivity index (χ3v) is 4.63. The molecule has 10 nitrogen and oxygen atoms in total. The Labute approximate surface area is 158 Å². The van der Waals surface area contributed by atoms with E-state index in [4.69, 9.17) is 9.47 Å². The summed E-state index contributed by atoms with van der Waals surface area (Å²) >= 11 is 0. The van der Waals surface area contributed by atoms with Crippen LogP contribution in [-0.2, 0) is 32.0 Å². The first-order valence-electron chi connectivity index (χ1n) is 8.72. The monoisotopic (exact) mass is 385 g/mol. The lowest BCUT2D eigenvalue weighted by molar-refractivity contribution is -0.121. The van der Waals surface area contributed by atoms with Gasteiger partial charge < -0.3 is 19.4 Å². The lowest BCUT2D eigenvalue weighted by atomic mass is 10.1. The molecule has 1 amide bonds. The molecule has 1 aliphatic heterocycles. The van der Waals surface area contributed by atoms with Gasteiger partial charge in [-0.05, 0) is 6.07 Å². The zero-order valence-corrected chi connectivity index (χ0v) is 15.5. The summed E-state index contributed by atoms with van der Waals surface area (Å²) in [5.74, 6) is 0.762. The molecule has 3 heterocycles. The number of nitrogens with zero attached hydrogens (tertiary/aromatic N) is 4. The van der Waals surface area contributed by atoms with Crippen molar-refractivity contribution in [3.63, 3.8) is 0 Å². The number of carbonyl (C=O) groups excluding carboxylic acids is 1. The highest BCUT2D eigenvalue weighted by atomic mass is 16.6. The van der Waals surface area contributed by atoms with Gasteiger partial charge in [0.15, 0.2) is 22.7 Å². The second-order valence-electron chi connectivity index (χ2n) is 6.48. The van der Waals surface area contributed by atoms with E-state index in [1.807, 2.05) is 12.1 Å². The number of aromatic nitrogens is 4. The van der Waals surface area contributed by atoms with Crippen LogP contribution >= 0.6 is 0 Å². The molecule has 1 N–H and O–H groups in total. The predicted octanol–water partition coefficient (Wildman–Crippen LogP) is -0.479. The molecule has 3 aromatic rings. The van der Waals surface area contributed by atoms with Gasteiger partial charge in [0, 0.05) is 26.2 Å². The van der Waals surface area contributed by atoms with Crippen molar-refractivity contribution in [3.05, 3.63) is 50.9 Å². The van der Waals surface area contributed by atoms with Crippen molar-refractivity contribution in [2.24, 2.45) is 14.1 Å². The number of rotatable bonds is 4. The molecule has 0 atom stereocenters. The maximum Gasteiger partial charge on any atom is 0.332 e. The average molecular weight is 385 g/mol. The Balaban J connectivity index is 1.56. The van der Waals surface area contributed by atoms with Crippen LogP contribution in [0.2, 0.25) is 0 Å². The summed E-state index contributed by atoms with van der Waals surface area (Å²) < 4.78 is 14.8. The van der Waals surface area contributed by atoms with Crippen LogP contribution in [0.3, 0.4) is 0 Å². The van der Waals surface area contributed by atoms with Gasteiger partial charge in [-0.3, -0.25) is 14.2 Å². The molecule has 146 valence electrons. The molecular formula is C18H19N5O5. The third-order valence-electron chi connectivity index (χ3n) is 4.63. The maximum absolute atomic E-state index is 12.7. The Kier molecular flexibility index (Phi) is 4.38. The van der Waals surface area contributed by atoms with Gasteiger partial charge in [-0.1, -0.05) is 12.1 Å². The number of ether oxygens (including phenoxy) is 2. The molecule has 1 aliphatic rings. The number of aryl methyl sites for hydroxylation is 2. The summed E-state index contributed by atoms with van der Waals surface area (Å²) in [6.07, 6.45) is 1.45. The van der Waals surface area contributed by atoms with Gasteiger partial charge in [0.05, 0.1) is 6.33 Å². The molecule has 1 aromatic carbocycles. The van der Waals surface area contributed by atoms with E-state index in [2.05, 4.69) is 10.3 Å². The van der Waals surface area contributed by atoms with E-state index in [1.165, 1.54) is 22.5 Å². The quantitative estimate of drug-likeness (QED) is 0.650. The molecular weight excluding hydrogens is 366 g/mol. The first-order chi connectivity index (χ1) is 13.5. The summed E-state index contributed by atoms with van der Waals surface area (Å²) in [4.78, 5) is 41.6. The minimum absolute atomic E-state index is 0.189. The molecule has 0 aliphatic carbocycles. The Morgan fingerprint density at radius 1 is 1.21 bits per heavy atom. The van der Waals surface area contributed by atoms with Gasteiger partial charge in [0.25, 0.3) is 5.56 Å². The zero-order valence-electron chi connectivity index (χ0n) is 15.5. The summed E-state index contributed by atoms with van der Waals surface area (Å²) in [5, 5.41) is 2.72. The van der Waals surface area contributed by atoms with Gasteiger partial charge in [-0.2, -0.15) is 0 Å². The standard InChI is InChI=1S/C18H19N5O5/c1-21-10-20-16-14(21)17(25)23(18(26)22(16)2)9-13(24)19-8-11-4-3-5-12-15(11)28-7-6-27-12/h3-5,10H,6-9H2,1-2H3,(H,19,24). The van der Waals surface area contributed by atoms with E-state index in [-0.39, 0.29) is 24.3 Å². The van der Waals surface area contributed by atoms with Crippen molar-refractivity contribution in [3.8, 4) is 11.5 Å². The normalized spacial score (nSPS) is 12.9. The summed E-state index contributed by atoms with van der Waals surface area (Å²) in [6, 6.07) is 5.43. The molecule has 0 radical (unpaired) electrons. The van der Waals surface area contributed by atoms with Gasteiger partial charge in [0.2, 0.25) is 5.91 Å². The number of imidazole rings is 1. The Hall–Kier alpha value is -3.56. The Bertz CT molecular complexity index is 1190. The van der Waals surface area contributed by atoms with Gasteiger partial charge in [-0.15, -0.1) is 0 Å². The number of amides is 1. The van der Waals surface area contributed by atoms with Crippen LogP contribution in [0.5, 0.6) is 11.5 Å². The van der Waals surface area contributed by atoms with E-state index in [0.29, 0.717) is 24.7 Å². The van der Waals surface area contributed by atoms with E-state index >= 15 is 0 Å². The second kappa shape index (κ2) is 6.87. The number of benzene rings is 1. The van der Waals surface area contributed by atoms with Gasteiger partial charge in [0.1, 0.15) is 19.8 Å². The number of carbonyl (C=O) groups is 1. The van der Waals surface area contributed by atoms with E-state index in [0.717, 1.165) is 10.1 Å². The Morgan fingerprint density at radius 3 is 2.82 bits per heavy atom. The van der Waals surface area contributed by atoms with Crippen molar-refractivity contribution in [2.75, 3.05) is 13.2 Å². The fourth-order valence-electron chi connectivity index (χ4n) is 3.20. The minimum atomic E-state index is -0.597. The highest BCUT2D eigenvalue weighted by molar-refractivity contribution is 5.76. The molecule has 10 heteroatoms. The van der Waals surface area contributed by atoms with Crippen LogP contribution in [0.25, 0.3) is 11.2 Å². The minimum Gasteiger partial charge on any atom is -0.486 e. The third kappa shape index (κ3) is 2.92. The highest BCUT2D eigenvalue weighted by Crippen LogP contribution is 2.33. The maximum atomic E-state index is 12.7. The molecule has 0 fully saturated rings. The van der Waals surface area contributed by atoms with Crippen molar-refractivity contribution in [2.45, 2.75) is 13.1 Å². The SMILES string of the molecule is Cn1cnc2c1c(=O)n(CC(=O)NCc1cccc3c1OCCO3)c(=O)n2C. The summed E-state index contributed by atoms with van der Waals surface area (Å²) in [6.45, 7) is 0.715. The van der Waals surface area contributed by atoms with Crippen molar-refractivity contribution in [1.82, 2.24) is 24.0 Å². The Morgan fingerprint density at radius 2 is 2.00 bits per heavy atom. The number of hydrogen-bond acceptors (Lipinski definition) is 6. The molecule has 0 saturated carbocycles. The molecule has 0 bridgehead atoms. The second-order valence-corrected chi connectivity index (χ2v) is 6.48. The number of fused-ring (bicyclic) bond motifs is 2. The summed E-state index contributed by atoms with van der Waals surface area (Å²) in [5.41, 5.74) is 0.148. The molecule has 4 rings (SSSR count). The molecule has 0 spiro atoms. The van der Waals surface area contributed by atoms with Crippen LogP contribution in [0.4, 0.5) is 0 Å². The smallest absolute Gasteiger partial charge is 0.332 e. The first-order valence-corrected chi connectivity index (χ1v) is 8.72. The number of nitrogens with one attached hydrogen (secondary N) is 1. The van der Waals surface area contributed by atoms with Crippen molar-refractivity contribution < 1.29 is 14.3 Å². The van der Waals surface area contributed by atoms with Crippen LogP contribution in [0, 0.1) is 0 Å². The first kappa shape index (κ1) is 17.8. The molecule has 0 unspecified atom stereocenters.